The maximum atomic E-state index is 12.1. The zero-order valence-electron chi connectivity index (χ0n) is 9.99. The van der Waals surface area contributed by atoms with E-state index in [1.54, 1.807) is 6.92 Å². The van der Waals surface area contributed by atoms with E-state index in [-0.39, 0.29) is 5.03 Å². The van der Waals surface area contributed by atoms with Crippen LogP contribution in [0, 0.1) is 6.92 Å². The fourth-order valence-corrected chi connectivity index (χ4v) is 3.32. The van der Waals surface area contributed by atoms with Crippen molar-refractivity contribution in [2.45, 2.75) is 37.3 Å². The Kier molecular flexibility index (Phi) is 3.24. The van der Waals surface area contributed by atoms with Crippen molar-refractivity contribution in [3.63, 3.8) is 0 Å². The van der Waals surface area contributed by atoms with Gasteiger partial charge in [-0.2, -0.15) is 0 Å². The van der Waals surface area contributed by atoms with Gasteiger partial charge >= 0.3 is 0 Å². The maximum absolute atomic E-state index is 12.1. The highest BCUT2D eigenvalue weighted by Crippen LogP contribution is 2.21. The van der Waals surface area contributed by atoms with Crippen LogP contribution < -0.4 is 4.72 Å². The van der Waals surface area contributed by atoms with Crippen LogP contribution in [0.3, 0.4) is 0 Å². The second-order valence-corrected chi connectivity index (χ2v) is 6.31. The van der Waals surface area contributed by atoms with Gasteiger partial charge in [0, 0.05) is 6.61 Å². The van der Waals surface area contributed by atoms with Crippen LogP contribution in [0.1, 0.15) is 25.6 Å². The number of sulfonamides is 1. The van der Waals surface area contributed by atoms with Gasteiger partial charge in [0.2, 0.25) is 0 Å². The molecule has 2 rings (SSSR count). The van der Waals surface area contributed by atoms with Crippen molar-refractivity contribution in [2.75, 3.05) is 13.2 Å². The predicted molar refractivity (Wildman–Crippen MR) is 62.1 cm³/mol. The fourth-order valence-electron chi connectivity index (χ4n) is 1.93. The molecule has 0 amide bonds. The Balaban J connectivity index is 2.17. The number of aromatic nitrogens is 2. The molecule has 1 fully saturated rings. The molecule has 0 bridgehead atoms. The molecule has 2 N–H and O–H groups in total. The lowest BCUT2D eigenvalue weighted by Gasteiger charge is -2.33. The van der Waals surface area contributed by atoms with Crippen molar-refractivity contribution in [3.8, 4) is 0 Å². The summed E-state index contributed by atoms with van der Waals surface area (Å²) in [6, 6.07) is 0. The molecule has 7 heteroatoms. The average molecular weight is 259 g/mol. The predicted octanol–water partition coefficient (Wildman–Crippen LogP) is 0.566. The van der Waals surface area contributed by atoms with Crippen molar-refractivity contribution < 1.29 is 13.2 Å². The molecule has 1 saturated heterocycles. The minimum absolute atomic E-state index is 0.0989. The minimum Gasteiger partial charge on any atom is -0.380 e. The van der Waals surface area contributed by atoms with Gasteiger partial charge < -0.3 is 9.72 Å². The summed E-state index contributed by atoms with van der Waals surface area (Å²) in [5.74, 6) is 0.579. The molecule has 1 aromatic rings. The number of rotatable bonds is 3. The van der Waals surface area contributed by atoms with Crippen LogP contribution in [-0.4, -0.2) is 37.1 Å². The molecule has 0 aromatic carbocycles. The highest BCUT2D eigenvalue weighted by Gasteiger charge is 2.33. The monoisotopic (exact) mass is 259 g/mol. The van der Waals surface area contributed by atoms with Crippen molar-refractivity contribution >= 4 is 10.0 Å². The van der Waals surface area contributed by atoms with Gasteiger partial charge in [-0.05, 0) is 26.7 Å². The average Bonchev–Trinajstić information content (AvgIpc) is 2.65. The Bertz CT molecular complexity index is 489. The van der Waals surface area contributed by atoms with Crippen molar-refractivity contribution in [3.05, 3.63) is 12.0 Å². The van der Waals surface area contributed by atoms with Gasteiger partial charge in [0.05, 0.1) is 18.3 Å². The first kappa shape index (κ1) is 12.5. The quantitative estimate of drug-likeness (QED) is 0.831. The van der Waals surface area contributed by atoms with Gasteiger partial charge in [0.1, 0.15) is 5.82 Å². The first-order valence-corrected chi connectivity index (χ1v) is 7.03. The molecule has 1 aromatic heterocycles. The highest BCUT2D eigenvalue weighted by atomic mass is 32.2. The molecule has 0 spiro atoms. The van der Waals surface area contributed by atoms with E-state index < -0.39 is 15.6 Å². The molecule has 1 unspecified atom stereocenters. The number of H-pyrrole nitrogens is 1. The second-order valence-electron chi connectivity index (χ2n) is 4.66. The van der Waals surface area contributed by atoms with E-state index in [1.165, 1.54) is 6.20 Å². The van der Waals surface area contributed by atoms with E-state index in [2.05, 4.69) is 14.7 Å². The summed E-state index contributed by atoms with van der Waals surface area (Å²) in [4.78, 5) is 6.61. The zero-order chi connectivity index (χ0) is 12.5. The van der Waals surface area contributed by atoms with Gasteiger partial charge in [-0.15, -0.1) is 0 Å². The first-order chi connectivity index (χ1) is 7.91. The minimum atomic E-state index is -3.55. The van der Waals surface area contributed by atoms with Gasteiger partial charge in [-0.3, -0.25) is 0 Å². The lowest BCUT2D eigenvalue weighted by molar-refractivity contribution is 0.0386. The molecule has 0 radical (unpaired) electrons. The van der Waals surface area contributed by atoms with Gasteiger partial charge in [-0.25, -0.2) is 18.1 Å². The summed E-state index contributed by atoms with van der Waals surface area (Å²) in [6.07, 6.45) is 2.96. The third-order valence-corrected chi connectivity index (χ3v) is 4.34. The number of aryl methyl sites for hydroxylation is 1. The number of aromatic amines is 1. The molecule has 1 aliphatic rings. The second kappa shape index (κ2) is 4.40. The van der Waals surface area contributed by atoms with E-state index >= 15 is 0 Å². The van der Waals surface area contributed by atoms with Crippen molar-refractivity contribution in [1.82, 2.24) is 14.7 Å². The van der Waals surface area contributed by atoms with E-state index in [0.717, 1.165) is 12.8 Å². The summed E-state index contributed by atoms with van der Waals surface area (Å²) in [7, 11) is -3.55. The van der Waals surface area contributed by atoms with Crippen molar-refractivity contribution in [2.24, 2.45) is 0 Å². The van der Waals surface area contributed by atoms with Crippen LogP contribution in [0.2, 0.25) is 0 Å². The van der Waals surface area contributed by atoms with Gasteiger partial charge in [0.25, 0.3) is 10.0 Å². The number of hydrogen-bond acceptors (Lipinski definition) is 4. The third-order valence-electron chi connectivity index (χ3n) is 2.79. The Labute approximate surface area is 101 Å². The summed E-state index contributed by atoms with van der Waals surface area (Å²) < 4.78 is 32.2. The molecular formula is C10H17N3O3S. The first-order valence-electron chi connectivity index (χ1n) is 5.55. The molecule has 1 atom stereocenters. The number of nitrogens with zero attached hydrogens (tertiary/aromatic N) is 1. The van der Waals surface area contributed by atoms with Crippen LogP contribution in [0.5, 0.6) is 0 Å². The molecule has 0 aliphatic carbocycles. The van der Waals surface area contributed by atoms with E-state index in [9.17, 15) is 8.42 Å². The van der Waals surface area contributed by atoms with Crippen LogP contribution in [-0.2, 0) is 14.8 Å². The normalized spacial score (nSPS) is 26.0. The Morgan fingerprint density at radius 2 is 2.35 bits per heavy atom. The van der Waals surface area contributed by atoms with E-state index in [4.69, 9.17) is 4.74 Å². The SMILES string of the molecule is Cc1ncc(S(=O)(=O)NC2(C)CCCOC2)[nH]1. The molecule has 6 nitrogen and oxygen atoms in total. The molecule has 2 heterocycles. The Hall–Kier alpha value is -0.920. The van der Waals surface area contributed by atoms with Crippen molar-refractivity contribution in [1.29, 1.82) is 0 Å². The Morgan fingerprint density at radius 3 is 2.88 bits per heavy atom. The number of hydrogen-bond donors (Lipinski definition) is 2. The lowest BCUT2D eigenvalue weighted by atomic mass is 9.97. The topological polar surface area (TPSA) is 84.1 Å². The lowest BCUT2D eigenvalue weighted by Crippen LogP contribution is -2.51. The summed E-state index contributed by atoms with van der Waals surface area (Å²) in [5, 5.41) is 0.0989. The van der Waals surface area contributed by atoms with Crippen LogP contribution in [0.25, 0.3) is 0 Å². The Morgan fingerprint density at radius 1 is 1.59 bits per heavy atom. The third kappa shape index (κ3) is 2.85. The summed E-state index contributed by atoms with van der Waals surface area (Å²) >= 11 is 0. The van der Waals surface area contributed by atoms with Crippen LogP contribution >= 0.6 is 0 Å². The summed E-state index contributed by atoms with van der Waals surface area (Å²) in [5.41, 5.74) is -0.532. The number of ether oxygens (including phenoxy) is 1. The molecule has 1 aliphatic heterocycles. The number of imidazole rings is 1. The van der Waals surface area contributed by atoms with Crippen LogP contribution in [0.4, 0.5) is 0 Å². The largest absolute Gasteiger partial charge is 0.380 e. The standard InChI is InChI=1S/C10H17N3O3S/c1-8-11-6-9(12-8)17(14,15)13-10(2)4-3-5-16-7-10/h6,13H,3-5,7H2,1-2H3,(H,11,12). The van der Waals surface area contributed by atoms with Gasteiger partial charge in [0.15, 0.2) is 5.03 Å². The molecule has 17 heavy (non-hydrogen) atoms. The van der Waals surface area contributed by atoms with E-state index in [1.807, 2.05) is 6.92 Å². The molecular weight excluding hydrogens is 242 g/mol. The van der Waals surface area contributed by atoms with E-state index in [0.29, 0.717) is 19.0 Å². The smallest absolute Gasteiger partial charge is 0.258 e. The van der Waals surface area contributed by atoms with Crippen LogP contribution in [0.15, 0.2) is 11.2 Å². The highest BCUT2D eigenvalue weighted by molar-refractivity contribution is 7.89. The zero-order valence-corrected chi connectivity index (χ0v) is 10.8. The molecule has 96 valence electrons. The summed E-state index contributed by atoms with van der Waals surface area (Å²) in [6.45, 7) is 4.66. The fraction of sp³-hybridized carbons (Fsp3) is 0.700. The van der Waals surface area contributed by atoms with Gasteiger partial charge in [-0.1, -0.05) is 0 Å². The number of nitrogens with one attached hydrogen (secondary N) is 2. The molecule has 0 saturated carbocycles. The maximum Gasteiger partial charge on any atom is 0.258 e.